The molecule has 2 aliphatic rings. The van der Waals surface area contributed by atoms with E-state index >= 15 is 0 Å². The molecule has 4 nitrogen and oxygen atoms in total. The molecule has 2 saturated heterocycles. The van der Waals surface area contributed by atoms with Gasteiger partial charge < -0.3 is 14.8 Å². The second kappa shape index (κ2) is 6.69. The first kappa shape index (κ1) is 13.3. The molecule has 2 fully saturated rings. The summed E-state index contributed by atoms with van der Waals surface area (Å²) in [5.74, 6) is 0.629. The van der Waals surface area contributed by atoms with Crippen LogP contribution in [0.25, 0.3) is 0 Å². The summed E-state index contributed by atoms with van der Waals surface area (Å²) in [4.78, 5) is 2.54. The van der Waals surface area contributed by atoms with E-state index in [2.05, 4.69) is 24.2 Å². The van der Waals surface area contributed by atoms with Crippen molar-refractivity contribution in [1.82, 2.24) is 10.2 Å². The Balaban J connectivity index is 1.81. The molecule has 3 unspecified atom stereocenters. The maximum Gasteiger partial charge on any atom is 0.0700 e. The molecule has 0 bridgehead atoms. The number of ether oxygens (including phenoxy) is 2. The molecule has 0 aromatic carbocycles. The lowest BCUT2D eigenvalue weighted by molar-refractivity contribution is -0.0482. The molecule has 0 amide bonds. The van der Waals surface area contributed by atoms with Gasteiger partial charge >= 0.3 is 0 Å². The summed E-state index contributed by atoms with van der Waals surface area (Å²) in [6.07, 6.45) is 2.69. The van der Waals surface area contributed by atoms with Crippen molar-refractivity contribution in [2.45, 2.75) is 31.9 Å². The molecule has 0 aromatic heterocycles. The molecule has 1 N–H and O–H groups in total. The maximum atomic E-state index is 5.71. The van der Waals surface area contributed by atoms with E-state index in [0.717, 1.165) is 52.3 Å². The van der Waals surface area contributed by atoms with Gasteiger partial charge in [-0.15, -0.1) is 0 Å². The zero-order chi connectivity index (χ0) is 12.1. The van der Waals surface area contributed by atoms with Crippen molar-refractivity contribution in [1.29, 1.82) is 0 Å². The monoisotopic (exact) mass is 242 g/mol. The van der Waals surface area contributed by atoms with E-state index in [4.69, 9.17) is 9.47 Å². The molecule has 2 heterocycles. The lowest BCUT2D eigenvalue weighted by Crippen LogP contribution is -2.50. The Hall–Kier alpha value is -0.160. The number of nitrogens with zero attached hydrogens (tertiary/aromatic N) is 1. The van der Waals surface area contributed by atoms with Crippen molar-refractivity contribution in [3.8, 4) is 0 Å². The predicted molar refractivity (Wildman–Crippen MR) is 68.2 cm³/mol. The summed E-state index contributed by atoms with van der Waals surface area (Å²) in [7, 11) is 2.07. The Kier molecular flexibility index (Phi) is 5.22. The minimum Gasteiger partial charge on any atom is -0.381 e. The van der Waals surface area contributed by atoms with Gasteiger partial charge in [0.05, 0.1) is 19.3 Å². The van der Waals surface area contributed by atoms with Crippen LogP contribution in [-0.2, 0) is 9.47 Å². The average molecular weight is 242 g/mol. The van der Waals surface area contributed by atoms with E-state index in [1.165, 1.54) is 0 Å². The SMILES string of the molecule is CCC1CN(CC2COCCC2NC)CCO1. The fraction of sp³-hybridized carbons (Fsp3) is 1.00. The molecule has 0 aromatic rings. The fourth-order valence-electron chi connectivity index (χ4n) is 2.88. The van der Waals surface area contributed by atoms with Crippen molar-refractivity contribution >= 4 is 0 Å². The summed E-state index contributed by atoms with van der Waals surface area (Å²) in [5.41, 5.74) is 0. The van der Waals surface area contributed by atoms with Crippen LogP contribution in [0.1, 0.15) is 19.8 Å². The predicted octanol–water partition coefficient (Wildman–Crippen LogP) is 0.722. The van der Waals surface area contributed by atoms with Crippen LogP contribution in [0.5, 0.6) is 0 Å². The van der Waals surface area contributed by atoms with Crippen molar-refractivity contribution in [3.05, 3.63) is 0 Å². The third-order valence-electron chi connectivity index (χ3n) is 4.02. The Morgan fingerprint density at radius 3 is 3.00 bits per heavy atom. The molecular weight excluding hydrogens is 216 g/mol. The minimum absolute atomic E-state index is 0.432. The highest BCUT2D eigenvalue weighted by atomic mass is 16.5. The highest BCUT2D eigenvalue weighted by Crippen LogP contribution is 2.18. The van der Waals surface area contributed by atoms with Crippen LogP contribution in [0.15, 0.2) is 0 Å². The molecule has 2 aliphatic heterocycles. The van der Waals surface area contributed by atoms with Crippen LogP contribution in [0, 0.1) is 5.92 Å². The van der Waals surface area contributed by atoms with Crippen molar-refractivity contribution < 1.29 is 9.47 Å². The largest absolute Gasteiger partial charge is 0.381 e. The van der Waals surface area contributed by atoms with Crippen LogP contribution in [0.4, 0.5) is 0 Å². The smallest absolute Gasteiger partial charge is 0.0700 e. The van der Waals surface area contributed by atoms with E-state index in [9.17, 15) is 0 Å². The minimum atomic E-state index is 0.432. The molecule has 17 heavy (non-hydrogen) atoms. The summed E-state index contributed by atoms with van der Waals surface area (Å²) in [6, 6.07) is 0.617. The van der Waals surface area contributed by atoms with Gasteiger partial charge in [0.2, 0.25) is 0 Å². The lowest BCUT2D eigenvalue weighted by atomic mass is 9.95. The molecule has 4 heteroatoms. The Morgan fingerprint density at radius 1 is 1.35 bits per heavy atom. The van der Waals surface area contributed by atoms with Gasteiger partial charge in [0, 0.05) is 38.2 Å². The summed E-state index contributed by atoms with van der Waals surface area (Å²) in [5, 5.41) is 3.43. The van der Waals surface area contributed by atoms with Gasteiger partial charge in [0.25, 0.3) is 0 Å². The second-order valence-corrected chi connectivity index (χ2v) is 5.18. The zero-order valence-corrected chi connectivity index (χ0v) is 11.2. The van der Waals surface area contributed by atoms with Gasteiger partial charge in [0.15, 0.2) is 0 Å². The second-order valence-electron chi connectivity index (χ2n) is 5.18. The Morgan fingerprint density at radius 2 is 2.24 bits per heavy atom. The van der Waals surface area contributed by atoms with Gasteiger partial charge in [0.1, 0.15) is 0 Å². The molecule has 0 spiro atoms. The normalized spacial score (nSPS) is 36.0. The molecule has 0 radical (unpaired) electrons. The highest BCUT2D eigenvalue weighted by Gasteiger charge is 2.28. The third kappa shape index (κ3) is 3.65. The highest BCUT2D eigenvalue weighted by molar-refractivity contribution is 4.82. The molecule has 100 valence electrons. The van der Waals surface area contributed by atoms with Gasteiger partial charge in [-0.2, -0.15) is 0 Å². The first-order chi connectivity index (χ1) is 8.33. The first-order valence-electron chi connectivity index (χ1n) is 6.92. The van der Waals surface area contributed by atoms with Crippen LogP contribution in [0.2, 0.25) is 0 Å². The molecule has 2 rings (SSSR count). The topological polar surface area (TPSA) is 33.7 Å². The summed E-state index contributed by atoms with van der Waals surface area (Å²) in [6.45, 7) is 8.20. The molecule has 3 atom stereocenters. The molecule has 0 aliphatic carbocycles. The molecular formula is C13H26N2O2. The number of hydrogen-bond acceptors (Lipinski definition) is 4. The van der Waals surface area contributed by atoms with Gasteiger partial charge in [-0.1, -0.05) is 6.92 Å². The number of nitrogens with one attached hydrogen (secondary N) is 1. The third-order valence-corrected chi connectivity index (χ3v) is 4.02. The van der Waals surface area contributed by atoms with Crippen molar-refractivity contribution in [2.24, 2.45) is 5.92 Å². The Bertz CT molecular complexity index is 225. The fourth-order valence-corrected chi connectivity index (χ4v) is 2.88. The van der Waals surface area contributed by atoms with E-state index in [-0.39, 0.29) is 0 Å². The van der Waals surface area contributed by atoms with Gasteiger partial charge in [-0.25, -0.2) is 0 Å². The van der Waals surface area contributed by atoms with Gasteiger partial charge in [-0.05, 0) is 19.9 Å². The van der Waals surface area contributed by atoms with Crippen molar-refractivity contribution in [3.63, 3.8) is 0 Å². The zero-order valence-electron chi connectivity index (χ0n) is 11.2. The Labute approximate surface area is 105 Å². The van der Waals surface area contributed by atoms with Crippen LogP contribution in [0.3, 0.4) is 0 Å². The van der Waals surface area contributed by atoms with E-state index in [1.807, 2.05) is 0 Å². The number of rotatable bonds is 4. The maximum absolute atomic E-state index is 5.71. The van der Waals surface area contributed by atoms with Gasteiger partial charge in [-0.3, -0.25) is 4.90 Å². The van der Waals surface area contributed by atoms with E-state index in [1.54, 1.807) is 0 Å². The lowest BCUT2D eigenvalue weighted by Gasteiger charge is -2.38. The number of hydrogen-bond donors (Lipinski definition) is 1. The summed E-state index contributed by atoms with van der Waals surface area (Å²) < 4.78 is 11.3. The quantitative estimate of drug-likeness (QED) is 0.788. The van der Waals surface area contributed by atoms with E-state index < -0.39 is 0 Å². The van der Waals surface area contributed by atoms with Crippen LogP contribution in [-0.4, -0.2) is 63.5 Å². The molecule has 0 saturated carbocycles. The van der Waals surface area contributed by atoms with Crippen molar-refractivity contribution in [2.75, 3.05) is 46.5 Å². The standard InChI is InChI=1S/C13H26N2O2/c1-3-12-9-15(5-7-17-12)8-11-10-16-6-4-13(11)14-2/h11-14H,3-10H2,1-2H3. The average Bonchev–Trinajstić information content (AvgIpc) is 2.39. The van der Waals surface area contributed by atoms with E-state index in [0.29, 0.717) is 18.1 Å². The number of morpholine rings is 1. The first-order valence-corrected chi connectivity index (χ1v) is 6.92. The summed E-state index contributed by atoms with van der Waals surface area (Å²) >= 11 is 0. The van der Waals surface area contributed by atoms with Crippen LogP contribution < -0.4 is 5.32 Å². The van der Waals surface area contributed by atoms with Crippen LogP contribution >= 0.6 is 0 Å².